The lowest BCUT2D eigenvalue weighted by atomic mass is 10.1. The number of hydrogen-bond donors (Lipinski definition) is 2. The average Bonchev–Trinajstić information content (AvgIpc) is 2.95. The van der Waals surface area contributed by atoms with Gasteiger partial charge in [-0.15, -0.1) is 24.0 Å². The van der Waals surface area contributed by atoms with Gasteiger partial charge in [-0.3, -0.25) is 4.99 Å². The molecule has 0 heterocycles. The highest BCUT2D eigenvalue weighted by molar-refractivity contribution is 14.0. The monoisotopic (exact) mass is 451 g/mol. The molecule has 1 aliphatic rings. The van der Waals surface area contributed by atoms with Crippen LogP contribution in [0.3, 0.4) is 0 Å². The van der Waals surface area contributed by atoms with Crippen LogP contribution in [0.4, 0.5) is 4.39 Å². The number of benzene rings is 1. The summed E-state index contributed by atoms with van der Waals surface area (Å²) in [4.78, 5) is 4.62. The predicted octanol–water partition coefficient (Wildman–Crippen LogP) is 3.83. The van der Waals surface area contributed by atoms with Gasteiger partial charge in [0.05, 0.1) is 0 Å². The van der Waals surface area contributed by atoms with E-state index in [1.807, 2.05) is 17.8 Å². The van der Waals surface area contributed by atoms with Gasteiger partial charge in [-0.2, -0.15) is 11.8 Å². The van der Waals surface area contributed by atoms with E-state index in [0.717, 1.165) is 29.7 Å². The number of rotatable bonds is 6. The Balaban J connectivity index is 0.00000264. The number of nitrogens with one attached hydrogen (secondary N) is 2. The van der Waals surface area contributed by atoms with Gasteiger partial charge in [-0.25, -0.2) is 4.39 Å². The maximum absolute atomic E-state index is 13.2. The zero-order chi connectivity index (χ0) is 15.8. The second-order valence-corrected chi connectivity index (χ2v) is 6.79. The average molecular weight is 451 g/mol. The number of halogens is 2. The molecule has 0 radical (unpaired) electrons. The quantitative estimate of drug-likeness (QED) is 0.392. The summed E-state index contributed by atoms with van der Waals surface area (Å²) in [6.07, 6.45) is 6.63. The number of aliphatic imine (C=N–C) groups is 1. The molecule has 2 unspecified atom stereocenters. The van der Waals surface area contributed by atoms with Crippen molar-refractivity contribution < 1.29 is 4.39 Å². The van der Waals surface area contributed by atoms with Crippen molar-refractivity contribution >= 4 is 41.7 Å². The molecule has 1 aromatic carbocycles. The topological polar surface area (TPSA) is 36.4 Å². The van der Waals surface area contributed by atoms with Crippen LogP contribution in [0.15, 0.2) is 29.3 Å². The third-order valence-corrected chi connectivity index (χ3v) is 5.06. The lowest BCUT2D eigenvalue weighted by Gasteiger charge is -2.17. The summed E-state index contributed by atoms with van der Waals surface area (Å²) in [5.74, 6) is 0.700. The molecule has 0 saturated heterocycles. The molecule has 0 bridgehead atoms. The molecule has 6 heteroatoms. The highest BCUT2D eigenvalue weighted by Crippen LogP contribution is 2.27. The maximum atomic E-state index is 13.2. The van der Waals surface area contributed by atoms with Gasteiger partial charge in [-0.1, -0.05) is 12.1 Å². The van der Waals surface area contributed by atoms with Crippen LogP contribution in [-0.2, 0) is 6.42 Å². The Hall–Kier alpha value is -0.500. The van der Waals surface area contributed by atoms with E-state index in [1.165, 1.54) is 25.3 Å². The number of guanidine groups is 1. The lowest BCUT2D eigenvalue weighted by Crippen LogP contribution is -2.42. The molecule has 0 amide bonds. The fourth-order valence-corrected chi connectivity index (χ4v) is 3.58. The minimum Gasteiger partial charge on any atom is -0.357 e. The van der Waals surface area contributed by atoms with E-state index in [1.54, 1.807) is 12.1 Å². The minimum absolute atomic E-state index is 0. The van der Waals surface area contributed by atoms with Crippen LogP contribution in [0.2, 0.25) is 0 Å². The zero-order valence-corrected chi connectivity index (χ0v) is 17.0. The molecule has 2 atom stereocenters. The van der Waals surface area contributed by atoms with Crippen LogP contribution in [0.1, 0.15) is 31.7 Å². The van der Waals surface area contributed by atoms with Gasteiger partial charge >= 0.3 is 0 Å². The first-order chi connectivity index (χ1) is 10.7. The summed E-state index contributed by atoms with van der Waals surface area (Å²) < 4.78 is 13.2. The molecule has 2 N–H and O–H groups in total. The Morgan fingerprint density at radius 2 is 2.22 bits per heavy atom. The third-order valence-electron chi connectivity index (χ3n) is 3.96. The molecular weight excluding hydrogens is 424 g/mol. The molecule has 1 saturated carbocycles. The molecule has 0 aromatic heterocycles. The first kappa shape index (κ1) is 20.5. The molecule has 1 fully saturated rings. The van der Waals surface area contributed by atoms with Crippen molar-refractivity contribution in [3.8, 4) is 0 Å². The lowest BCUT2D eigenvalue weighted by molar-refractivity contribution is 0.614. The molecule has 23 heavy (non-hydrogen) atoms. The van der Waals surface area contributed by atoms with Crippen LogP contribution < -0.4 is 10.6 Å². The van der Waals surface area contributed by atoms with E-state index in [0.29, 0.717) is 12.6 Å². The van der Waals surface area contributed by atoms with Crippen molar-refractivity contribution in [3.05, 3.63) is 35.6 Å². The van der Waals surface area contributed by atoms with Gasteiger partial charge in [0, 0.05) is 24.4 Å². The van der Waals surface area contributed by atoms with Crippen LogP contribution in [-0.4, -0.2) is 36.6 Å². The summed E-state index contributed by atoms with van der Waals surface area (Å²) in [5, 5.41) is 7.60. The van der Waals surface area contributed by atoms with Gasteiger partial charge in [0.1, 0.15) is 5.82 Å². The molecular formula is C17H27FIN3S. The number of nitrogens with zero attached hydrogens (tertiary/aromatic N) is 1. The number of hydrogen-bond acceptors (Lipinski definition) is 2. The Morgan fingerprint density at radius 3 is 2.87 bits per heavy atom. The Morgan fingerprint density at radius 1 is 1.39 bits per heavy atom. The molecule has 0 spiro atoms. The highest BCUT2D eigenvalue weighted by atomic mass is 127. The van der Waals surface area contributed by atoms with E-state index in [2.05, 4.69) is 28.8 Å². The van der Waals surface area contributed by atoms with Crippen molar-refractivity contribution in [2.75, 3.05) is 19.3 Å². The molecule has 130 valence electrons. The second kappa shape index (κ2) is 11.1. The van der Waals surface area contributed by atoms with Crippen LogP contribution >= 0.6 is 35.7 Å². The molecule has 1 aromatic rings. The summed E-state index contributed by atoms with van der Waals surface area (Å²) >= 11 is 1.96. The van der Waals surface area contributed by atoms with Gasteiger partial charge in [0.15, 0.2) is 5.96 Å². The van der Waals surface area contributed by atoms with E-state index < -0.39 is 0 Å². The minimum atomic E-state index is -0.180. The third kappa shape index (κ3) is 7.28. The maximum Gasteiger partial charge on any atom is 0.191 e. The molecule has 0 aliphatic heterocycles. The standard InChI is InChI=1S/C17H26FN3S.HI/c1-3-19-17(21-15-7-8-16(12-15)22-2)20-10-9-13-5-4-6-14(18)11-13;/h4-6,11,15-16H,3,7-10,12H2,1-2H3,(H2,19,20,21);1H. The van der Waals surface area contributed by atoms with Crippen molar-refractivity contribution in [2.45, 2.75) is 43.9 Å². The largest absolute Gasteiger partial charge is 0.357 e. The summed E-state index contributed by atoms with van der Waals surface area (Å²) in [6, 6.07) is 7.26. The number of thioether (sulfide) groups is 1. The highest BCUT2D eigenvalue weighted by Gasteiger charge is 2.24. The first-order valence-corrected chi connectivity index (χ1v) is 9.32. The van der Waals surface area contributed by atoms with E-state index in [-0.39, 0.29) is 29.8 Å². The predicted molar refractivity (Wildman–Crippen MR) is 110 cm³/mol. The van der Waals surface area contributed by atoms with Crippen molar-refractivity contribution in [1.29, 1.82) is 0 Å². The smallest absolute Gasteiger partial charge is 0.191 e. The van der Waals surface area contributed by atoms with E-state index in [4.69, 9.17) is 0 Å². The fourth-order valence-electron chi connectivity index (χ4n) is 2.79. The normalized spacial score (nSPS) is 20.9. The van der Waals surface area contributed by atoms with Gasteiger partial charge in [-0.05, 0) is 56.6 Å². The van der Waals surface area contributed by atoms with Crippen molar-refractivity contribution in [1.82, 2.24) is 10.6 Å². The van der Waals surface area contributed by atoms with Crippen molar-refractivity contribution in [2.24, 2.45) is 4.99 Å². The van der Waals surface area contributed by atoms with Gasteiger partial charge in [0.2, 0.25) is 0 Å². The Bertz CT molecular complexity index is 498. The molecule has 2 rings (SSSR count). The summed E-state index contributed by atoms with van der Waals surface area (Å²) in [6.45, 7) is 3.59. The van der Waals surface area contributed by atoms with Gasteiger partial charge in [0.25, 0.3) is 0 Å². The zero-order valence-electron chi connectivity index (χ0n) is 13.8. The molecule has 3 nitrogen and oxygen atoms in total. The Labute approximate surface area is 160 Å². The fraction of sp³-hybridized carbons (Fsp3) is 0.588. The summed E-state index contributed by atoms with van der Waals surface area (Å²) in [7, 11) is 0. The molecule has 1 aliphatic carbocycles. The first-order valence-electron chi connectivity index (χ1n) is 8.03. The van der Waals surface area contributed by atoms with Crippen LogP contribution in [0.5, 0.6) is 0 Å². The van der Waals surface area contributed by atoms with Crippen LogP contribution in [0, 0.1) is 5.82 Å². The van der Waals surface area contributed by atoms with Crippen molar-refractivity contribution in [3.63, 3.8) is 0 Å². The second-order valence-electron chi connectivity index (χ2n) is 5.65. The summed E-state index contributed by atoms with van der Waals surface area (Å²) in [5.41, 5.74) is 0.989. The Kier molecular flexibility index (Phi) is 9.94. The SMILES string of the molecule is CCNC(=NCCc1cccc(F)c1)NC1CCC(SC)C1.I. The van der Waals surface area contributed by atoms with Gasteiger partial charge < -0.3 is 10.6 Å². The van der Waals surface area contributed by atoms with E-state index >= 15 is 0 Å². The van der Waals surface area contributed by atoms with Crippen LogP contribution in [0.25, 0.3) is 0 Å². The van der Waals surface area contributed by atoms with E-state index in [9.17, 15) is 4.39 Å².